The quantitative estimate of drug-likeness (QED) is 0.173. The van der Waals surface area contributed by atoms with E-state index in [9.17, 15) is 79.4 Å². The van der Waals surface area contributed by atoms with Crippen LogP contribution in [0.15, 0.2) is 24.3 Å². The van der Waals surface area contributed by atoms with Gasteiger partial charge in [0.15, 0.2) is 0 Å². The van der Waals surface area contributed by atoms with Gasteiger partial charge >= 0.3 is 53.6 Å². The number of alkyl halides is 17. The molecule has 1 aromatic rings. The second kappa shape index (κ2) is 9.02. The van der Waals surface area contributed by atoms with E-state index in [1.165, 1.54) is 0 Å². The minimum Gasteiger partial charge on any atom is -0.422 e. The Hall–Kier alpha value is -2.50. The van der Waals surface area contributed by atoms with Crippen LogP contribution in [0.2, 0.25) is 0 Å². The van der Waals surface area contributed by atoms with Crippen LogP contribution >= 0.6 is 0 Å². The number of esters is 1. The highest BCUT2D eigenvalue weighted by Gasteiger charge is 2.96. The van der Waals surface area contributed by atoms with Crippen molar-refractivity contribution in [3.63, 3.8) is 0 Å². The van der Waals surface area contributed by atoms with Gasteiger partial charge in [-0.1, -0.05) is 32.9 Å². The molecule has 0 spiro atoms. The molecule has 0 aliphatic heterocycles. The van der Waals surface area contributed by atoms with Gasteiger partial charge in [-0.25, -0.2) is 4.79 Å². The Morgan fingerprint density at radius 2 is 0.842 bits per heavy atom. The number of hydrogen-bond donors (Lipinski definition) is 0. The average Bonchev–Trinajstić information content (AvgIpc) is 2.71. The molecule has 0 saturated heterocycles. The number of carbonyl (C=O) groups excluding carboxylic acids is 1. The Balaban J connectivity index is 3.52. The van der Waals surface area contributed by atoms with Crippen molar-refractivity contribution >= 4 is 5.97 Å². The summed E-state index contributed by atoms with van der Waals surface area (Å²) in [6.45, 7) is 4.78. The van der Waals surface area contributed by atoms with Crippen LogP contribution in [0.1, 0.15) is 26.3 Å². The lowest BCUT2D eigenvalue weighted by atomic mass is 9.87. The van der Waals surface area contributed by atoms with Crippen LogP contribution < -0.4 is 4.74 Å². The fraction of sp³-hybridized carbons (Fsp3) is 0.632. The maximum atomic E-state index is 13.9. The lowest BCUT2D eigenvalue weighted by molar-refractivity contribution is -0.459. The summed E-state index contributed by atoms with van der Waals surface area (Å²) in [5.41, 5.74) is -0.275. The summed E-state index contributed by atoms with van der Waals surface area (Å²) in [5.74, 6) is -63.4. The Morgan fingerprint density at radius 3 is 1.16 bits per heavy atom. The third kappa shape index (κ3) is 4.73. The fourth-order valence-corrected chi connectivity index (χ4v) is 2.49. The summed E-state index contributed by atoms with van der Waals surface area (Å²) >= 11 is 0. The standard InChI is InChI=1S/C19H13F17O2/c1-11(2,3)8-4-6-9(7-5-8)38-10(37)12(20,21)13(22,23)14(24,25)15(26,27)16(28,29)17(30,31)18(32,33)19(34,35)36/h4-7H,1-3H3. The predicted octanol–water partition coefficient (Wildman–Crippen LogP) is 7.90. The zero-order valence-electron chi connectivity index (χ0n) is 18.6. The molecule has 38 heavy (non-hydrogen) atoms. The summed E-state index contributed by atoms with van der Waals surface area (Å²) in [6.07, 6.45) is -7.84. The zero-order valence-corrected chi connectivity index (χ0v) is 18.6. The van der Waals surface area contributed by atoms with E-state index in [0.717, 1.165) is 12.1 Å². The minimum absolute atomic E-state index is 0.374. The van der Waals surface area contributed by atoms with E-state index in [1.54, 1.807) is 20.8 Å². The van der Waals surface area contributed by atoms with Gasteiger partial charge in [0, 0.05) is 0 Å². The average molecular weight is 596 g/mol. The molecule has 1 aromatic carbocycles. The van der Waals surface area contributed by atoms with Crippen LogP contribution in [0.25, 0.3) is 0 Å². The van der Waals surface area contributed by atoms with E-state index in [0.29, 0.717) is 17.7 Å². The molecule has 0 aliphatic rings. The molecule has 1 rings (SSSR count). The predicted molar refractivity (Wildman–Crippen MR) is 91.5 cm³/mol. The third-order valence-electron chi connectivity index (χ3n) is 4.91. The number of hydrogen-bond acceptors (Lipinski definition) is 2. The van der Waals surface area contributed by atoms with Gasteiger partial charge in [0.1, 0.15) is 5.75 Å². The second-order valence-corrected chi connectivity index (χ2v) is 8.68. The highest BCUT2D eigenvalue weighted by Crippen LogP contribution is 2.64. The summed E-state index contributed by atoms with van der Waals surface area (Å²) in [5, 5.41) is 0. The van der Waals surface area contributed by atoms with Crippen LogP contribution in [0, 0.1) is 0 Å². The molecule has 2 nitrogen and oxygen atoms in total. The van der Waals surface area contributed by atoms with Gasteiger partial charge < -0.3 is 4.74 Å². The van der Waals surface area contributed by atoms with Gasteiger partial charge in [0.2, 0.25) is 0 Å². The molecule has 0 fully saturated rings. The lowest BCUT2D eigenvalue weighted by Gasteiger charge is -2.42. The largest absolute Gasteiger partial charge is 0.460 e. The molecule has 220 valence electrons. The van der Waals surface area contributed by atoms with E-state index in [4.69, 9.17) is 0 Å². The molecule has 0 atom stereocenters. The van der Waals surface area contributed by atoms with Crippen molar-refractivity contribution in [2.75, 3.05) is 0 Å². The summed E-state index contributed by atoms with van der Waals surface area (Å²) < 4.78 is 229. The zero-order chi connectivity index (χ0) is 30.8. The van der Waals surface area contributed by atoms with Crippen molar-refractivity contribution in [1.82, 2.24) is 0 Å². The summed E-state index contributed by atoms with van der Waals surface area (Å²) in [4.78, 5) is 11.4. The number of benzene rings is 1. The van der Waals surface area contributed by atoms with Crippen molar-refractivity contribution in [2.45, 2.75) is 73.8 Å². The highest BCUT2D eigenvalue weighted by atomic mass is 19.4. The maximum absolute atomic E-state index is 13.9. The molecule has 0 unspecified atom stereocenters. The van der Waals surface area contributed by atoms with Crippen LogP contribution in [0.5, 0.6) is 5.75 Å². The lowest BCUT2D eigenvalue weighted by Crippen LogP contribution is -2.75. The SMILES string of the molecule is CC(C)(C)c1ccc(OC(=O)C(F)(F)C(F)(F)C(F)(F)C(F)(F)C(F)(F)C(F)(F)C(F)(F)C(F)(F)F)cc1. The van der Waals surface area contributed by atoms with Gasteiger partial charge in [0.05, 0.1) is 0 Å². The molecular formula is C19H13F17O2. The molecule has 0 saturated carbocycles. The minimum atomic E-state index is -8.77. The van der Waals surface area contributed by atoms with Crippen molar-refractivity contribution in [3.8, 4) is 5.75 Å². The monoisotopic (exact) mass is 596 g/mol. The highest BCUT2D eigenvalue weighted by molar-refractivity contribution is 5.81. The van der Waals surface area contributed by atoms with E-state index < -0.39 is 64.8 Å². The second-order valence-electron chi connectivity index (χ2n) is 8.68. The smallest absolute Gasteiger partial charge is 0.422 e. The van der Waals surface area contributed by atoms with Crippen LogP contribution in [0.4, 0.5) is 74.6 Å². The molecule has 0 aromatic heterocycles. The Labute approximate surface area is 200 Å². The van der Waals surface area contributed by atoms with E-state index in [1.807, 2.05) is 0 Å². The van der Waals surface area contributed by atoms with E-state index >= 15 is 0 Å². The van der Waals surface area contributed by atoms with Crippen molar-refractivity contribution in [1.29, 1.82) is 0 Å². The fourth-order valence-electron chi connectivity index (χ4n) is 2.49. The number of rotatable bonds is 8. The Bertz CT molecular complexity index is 1020. The number of halogens is 17. The van der Waals surface area contributed by atoms with Crippen molar-refractivity contribution in [3.05, 3.63) is 29.8 Å². The summed E-state index contributed by atoms with van der Waals surface area (Å²) in [7, 11) is 0. The normalized spacial score (nSPS) is 15.5. The van der Waals surface area contributed by atoms with Crippen molar-refractivity contribution in [2.24, 2.45) is 0 Å². The van der Waals surface area contributed by atoms with Crippen LogP contribution in [0.3, 0.4) is 0 Å². The van der Waals surface area contributed by atoms with Crippen LogP contribution in [-0.4, -0.2) is 53.6 Å². The van der Waals surface area contributed by atoms with E-state index in [-0.39, 0.29) is 0 Å². The van der Waals surface area contributed by atoms with E-state index in [2.05, 4.69) is 4.74 Å². The molecular weight excluding hydrogens is 583 g/mol. The molecule has 0 aliphatic carbocycles. The first-order chi connectivity index (χ1) is 16.4. The first kappa shape index (κ1) is 33.5. The van der Waals surface area contributed by atoms with Gasteiger partial charge in [-0.15, -0.1) is 0 Å². The molecule has 0 amide bonds. The molecule has 0 bridgehead atoms. The Morgan fingerprint density at radius 1 is 0.526 bits per heavy atom. The van der Waals surface area contributed by atoms with Gasteiger partial charge in [0.25, 0.3) is 0 Å². The number of carbonyl (C=O) groups is 1. The van der Waals surface area contributed by atoms with Crippen LogP contribution in [-0.2, 0) is 10.2 Å². The Kier molecular flexibility index (Phi) is 7.96. The summed E-state index contributed by atoms with van der Waals surface area (Å²) in [6, 6.07) is 3.25. The molecule has 0 N–H and O–H groups in total. The van der Waals surface area contributed by atoms with Gasteiger partial charge in [-0.3, -0.25) is 0 Å². The molecule has 0 heterocycles. The molecule has 19 heteroatoms. The third-order valence-corrected chi connectivity index (χ3v) is 4.91. The first-order valence-corrected chi connectivity index (χ1v) is 9.40. The van der Waals surface area contributed by atoms with Gasteiger partial charge in [-0.2, -0.15) is 74.6 Å². The first-order valence-electron chi connectivity index (χ1n) is 9.40. The van der Waals surface area contributed by atoms with Crippen molar-refractivity contribution < 1.29 is 84.2 Å². The maximum Gasteiger partial charge on any atom is 0.460 e. The topological polar surface area (TPSA) is 26.3 Å². The van der Waals surface area contributed by atoms with Gasteiger partial charge in [-0.05, 0) is 23.1 Å². The number of ether oxygens (including phenoxy) is 1. The molecule has 0 radical (unpaired) electrons.